The molecule has 2 aromatic rings. The fourth-order valence-corrected chi connectivity index (χ4v) is 2.17. The fraction of sp³-hybridized carbons (Fsp3) is 0.222. The maximum atomic E-state index is 6.19. The summed E-state index contributed by atoms with van der Waals surface area (Å²) < 4.78 is 0. The Morgan fingerprint density at radius 1 is 1.05 bits per heavy atom. The van der Waals surface area contributed by atoms with Crippen molar-refractivity contribution in [2.45, 2.75) is 27.2 Å². The molecule has 0 fully saturated rings. The van der Waals surface area contributed by atoms with Gasteiger partial charge < -0.3 is 5.73 Å². The second-order valence-electron chi connectivity index (χ2n) is 5.18. The number of guanidine groups is 1. The maximum Gasteiger partial charge on any atom is 0.225 e. The first-order chi connectivity index (χ1) is 10.6. The van der Waals surface area contributed by atoms with Gasteiger partial charge in [-0.05, 0) is 55.7 Å². The van der Waals surface area contributed by atoms with E-state index in [2.05, 4.69) is 48.3 Å². The van der Waals surface area contributed by atoms with Crippen molar-refractivity contribution in [2.24, 2.45) is 15.9 Å². The Bertz CT molecular complexity index is 643. The topological polar surface area (TPSA) is 54.0 Å². The first-order valence-corrected chi connectivity index (χ1v) is 7.40. The van der Waals surface area contributed by atoms with E-state index in [-0.39, 0.29) is 0 Å². The maximum absolute atomic E-state index is 6.19. The molecule has 22 heavy (non-hydrogen) atoms. The summed E-state index contributed by atoms with van der Waals surface area (Å²) in [5, 5.41) is 8.12. The lowest BCUT2D eigenvalue weighted by molar-refractivity contribution is 1.15. The minimum Gasteiger partial charge on any atom is -0.368 e. The van der Waals surface area contributed by atoms with Crippen LogP contribution in [0.15, 0.2) is 58.7 Å². The average Bonchev–Trinajstić information content (AvgIpc) is 2.48. The normalized spacial score (nSPS) is 11.9. The smallest absolute Gasteiger partial charge is 0.225 e. The Labute approximate surface area is 132 Å². The molecule has 0 aliphatic carbocycles. The molecule has 0 aliphatic rings. The van der Waals surface area contributed by atoms with Crippen molar-refractivity contribution in [2.75, 3.05) is 4.90 Å². The van der Waals surface area contributed by atoms with E-state index >= 15 is 0 Å². The highest BCUT2D eigenvalue weighted by Crippen LogP contribution is 2.26. The first-order valence-electron chi connectivity index (χ1n) is 7.40. The van der Waals surface area contributed by atoms with Gasteiger partial charge in [0.05, 0.1) is 0 Å². The van der Waals surface area contributed by atoms with Gasteiger partial charge in [0.15, 0.2) is 0 Å². The second-order valence-corrected chi connectivity index (χ2v) is 5.18. The predicted octanol–water partition coefficient (Wildman–Crippen LogP) is 4.15. The van der Waals surface area contributed by atoms with Crippen molar-refractivity contribution in [3.05, 3.63) is 59.7 Å². The number of nitrogens with two attached hydrogens (primary N) is 1. The number of rotatable bonds is 4. The van der Waals surface area contributed by atoms with Crippen LogP contribution in [0, 0.1) is 13.8 Å². The lowest BCUT2D eigenvalue weighted by Gasteiger charge is -2.24. The van der Waals surface area contributed by atoms with Gasteiger partial charge in [-0.3, -0.25) is 4.90 Å². The predicted molar refractivity (Wildman–Crippen MR) is 94.9 cm³/mol. The van der Waals surface area contributed by atoms with Crippen LogP contribution in [-0.2, 0) is 0 Å². The summed E-state index contributed by atoms with van der Waals surface area (Å²) in [6.45, 7) is 6.12. The van der Waals surface area contributed by atoms with Crippen LogP contribution in [0.5, 0.6) is 0 Å². The van der Waals surface area contributed by atoms with Gasteiger partial charge in [0, 0.05) is 17.6 Å². The third kappa shape index (κ3) is 3.95. The first kappa shape index (κ1) is 15.8. The number of anilines is 2. The molecule has 4 nitrogen and oxygen atoms in total. The molecule has 0 aromatic heterocycles. The van der Waals surface area contributed by atoms with E-state index in [1.807, 2.05) is 36.1 Å². The van der Waals surface area contributed by atoms with Crippen molar-refractivity contribution >= 4 is 23.5 Å². The van der Waals surface area contributed by atoms with Crippen LogP contribution in [0.3, 0.4) is 0 Å². The molecule has 0 saturated carbocycles. The van der Waals surface area contributed by atoms with E-state index in [1.165, 1.54) is 11.1 Å². The SMILES string of the molecule is CCC=NN=C(N)N(c1cccc(C)c1)c1cccc(C)c1. The highest BCUT2D eigenvalue weighted by Gasteiger charge is 2.14. The number of aryl methyl sites for hydroxylation is 2. The number of benzene rings is 2. The van der Waals surface area contributed by atoms with Crippen LogP contribution in [0.25, 0.3) is 0 Å². The summed E-state index contributed by atoms with van der Waals surface area (Å²) in [7, 11) is 0. The Hall–Kier alpha value is -2.62. The van der Waals surface area contributed by atoms with Gasteiger partial charge >= 0.3 is 0 Å². The van der Waals surface area contributed by atoms with Crippen LogP contribution in [0.1, 0.15) is 24.5 Å². The van der Waals surface area contributed by atoms with Crippen molar-refractivity contribution in [1.82, 2.24) is 0 Å². The summed E-state index contributed by atoms with van der Waals surface area (Å²) in [5.74, 6) is 0.348. The van der Waals surface area contributed by atoms with E-state index in [0.717, 1.165) is 17.8 Å². The Balaban J connectivity index is 2.49. The molecule has 0 spiro atoms. The van der Waals surface area contributed by atoms with Crippen molar-refractivity contribution < 1.29 is 0 Å². The molecule has 0 radical (unpaired) electrons. The van der Waals surface area contributed by atoms with Crippen molar-refractivity contribution in [3.8, 4) is 0 Å². The van der Waals surface area contributed by atoms with Gasteiger partial charge in [-0.1, -0.05) is 31.2 Å². The van der Waals surface area contributed by atoms with Gasteiger partial charge in [0.2, 0.25) is 5.96 Å². The molecule has 0 atom stereocenters. The van der Waals surface area contributed by atoms with Gasteiger partial charge in [-0.15, -0.1) is 5.10 Å². The molecule has 0 aliphatic heterocycles. The molecular formula is C18H22N4. The Morgan fingerprint density at radius 3 is 2.05 bits per heavy atom. The zero-order chi connectivity index (χ0) is 15.9. The molecule has 0 heterocycles. The molecule has 114 valence electrons. The summed E-state index contributed by atoms with van der Waals surface area (Å²) >= 11 is 0. The third-order valence-corrected chi connectivity index (χ3v) is 3.17. The molecule has 0 amide bonds. The summed E-state index contributed by atoms with van der Waals surface area (Å²) in [6.07, 6.45) is 2.56. The quantitative estimate of drug-likeness (QED) is 0.523. The van der Waals surface area contributed by atoms with E-state index in [4.69, 9.17) is 5.73 Å². The molecule has 4 heteroatoms. The largest absolute Gasteiger partial charge is 0.368 e. The highest BCUT2D eigenvalue weighted by molar-refractivity contribution is 6.01. The molecule has 2 aromatic carbocycles. The van der Waals surface area contributed by atoms with Gasteiger partial charge in [-0.2, -0.15) is 5.10 Å². The van der Waals surface area contributed by atoms with Crippen molar-refractivity contribution in [1.29, 1.82) is 0 Å². The summed E-state index contributed by atoms with van der Waals surface area (Å²) in [4.78, 5) is 1.91. The Kier molecular flexibility index (Phi) is 5.31. The van der Waals surface area contributed by atoms with Crippen LogP contribution in [0.4, 0.5) is 11.4 Å². The van der Waals surface area contributed by atoms with Gasteiger partial charge in [-0.25, -0.2) is 0 Å². The van der Waals surface area contributed by atoms with Crippen LogP contribution in [-0.4, -0.2) is 12.2 Å². The van der Waals surface area contributed by atoms with E-state index in [0.29, 0.717) is 5.96 Å². The van der Waals surface area contributed by atoms with E-state index in [9.17, 15) is 0 Å². The van der Waals surface area contributed by atoms with Gasteiger partial charge in [0.1, 0.15) is 0 Å². The molecule has 0 unspecified atom stereocenters. The van der Waals surface area contributed by atoms with Gasteiger partial charge in [0.25, 0.3) is 0 Å². The highest BCUT2D eigenvalue weighted by atomic mass is 15.3. The number of hydrogen-bond acceptors (Lipinski definition) is 2. The number of nitrogens with zero attached hydrogens (tertiary/aromatic N) is 3. The molecule has 2 rings (SSSR count). The van der Waals surface area contributed by atoms with E-state index < -0.39 is 0 Å². The average molecular weight is 294 g/mol. The van der Waals surface area contributed by atoms with Crippen LogP contribution < -0.4 is 10.6 Å². The number of hydrogen-bond donors (Lipinski definition) is 1. The minimum absolute atomic E-state index is 0.348. The molecule has 0 bridgehead atoms. The van der Waals surface area contributed by atoms with Crippen molar-refractivity contribution in [3.63, 3.8) is 0 Å². The lowest BCUT2D eigenvalue weighted by Crippen LogP contribution is -2.33. The van der Waals surface area contributed by atoms with E-state index in [1.54, 1.807) is 6.21 Å². The molecule has 2 N–H and O–H groups in total. The lowest BCUT2D eigenvalue weighted by atomic mass is 10.1. The third-order valence-electron chi connectivity index (χ3n) is 3.17. The van der Waals surface area contributed by atoms with Crippen LogP contribution >= 0.6 is 0 Å². The van der Waals surface area contributed by atoms with Crippen LogP contribution in [0.2, 0.25) is 0 Å². The Morgan fingerprint density at radius 2 is 1.59 bits per heavy atom. The standard InChI is InChI=1S/C18H22N4/c1-4-11-20-21-18(19)22(16-9-5-7-14(2)12-16)17-10-6-8-15(3)13-17/h5-13H,4H2,1-3H3,(H2,19,21). The molecule has 0 saturated heterocycles. The zero-order valence-corrected chi connectivity index (χ0v) is 13.3. The fourth-order valence-electron chi connectivity index (χ4n) is 2.17. The zero-order valence-electron chi connectivity index (χ0n) is 13.3. The minimum atomic E-state index is 0.348. The summed E-state index contributed by atoms with van der Waals surface area (Å²) in [5.41, 5.74) is 10.5. The summed E-state index contributed by atoms with van der Waals surface area (Å²) in [6, 6.07) is 16.3. The molecular weight excluding hydrogens is 272 g/mol. The monoisotopic (exact) mass is 294 g/mol. The second kappa shape index (κ2) is 7.41.